The van der Waals surface area contributed by atoms with Gasteiger partial charge in [-0.15, -0.1) is 18.3 Å². The molecule has 5 heteroatoms. The number of hydrogen-bond donors (Lipinski definition) is 0. The third kappa shape index (κ3) is 5.85. The van der Waals surface area contributed by atoms with Crippen molar-refractivity contribution >= 4 is 40.9 Å². The molecule has 36 heavy (non-hydrogen) atoms. The zero-order valence-corrected chi connectivity index (χ0v) is 23.2. The van der Waals surface area contributed by atoms with Crippen LogP contribution in [-0.4, -0.2) is 22.6 Å². The van der Waals surface area contributed by atoms with Crippen LogP contribution in [0.5, 0.6) is 0 Å². The number of likely N-dealkylation sites (tertiary alicyclic amines) is 1. The Hall–Kier alpha value is -2.20. The lowest BCUT2D eigenvalue weighted by Gasteiger charge is -2.52. The van der Waals surface area contributed by atoms with E-state index < -0.39 is 5.41 Å². The van der Waals surface area contributed by atoms with Gasteiger partial charge in [-0.2, -0.15) is 0 Å². The molecule has 0 bridgehead atoms. The van der Waals surface area contributed by atoms with E-state index in [1.54, 1.807) is 11.8 Å². The van der Waals surface area contributed by atoms with Gasteiger partial charge in [0.05, 0.1) is 11.5 Å². The summed E-state index contributed by atoms with van der Waals surface area (Å²) in [5.41, 5.74) is 1.71. The second kappa shape index (κ2) is 11.9. The van der Waals surface area contributed by atoms with E-state index in [-0.39, 0.29) is 23.9 Å². The van der Waals surface area contributed by atoms with Gasteiger partial charge in [0.15, 0.2) is 0 Å². The summed E-state index contributed by atoms with van der Waals surface area (Å²) in [6.07, 6.45) is 4.11. The number of nitrogens with zero attached hydrogens (tertiary/aromatic N) is 1. The van der Waals surface area contributed by atoms with Gasteiger partial charge < -0.3 is 4.90 Å². The summed E-state index contributed by atoms with van der Waals surface area (Å²) in [5.74, 6) is 1.10. The highest BCUT2D eigenvalue weighted by Gasteiger charge is 2.50. The van der Waals surface area contributed by atoms with Crippen LogP contribution in [0, 0.1) is 5.41 Å². The number of allylic oxidation sites excluding steroid dienone is 1. The number of carbonyl (C=O) groups is 1. The molecule has 0 aromatic heterocycles. The van der Waals surface area contributed by atoms with Crippen molar-refractivity contribution < 1.29 is 4.79 Å². The van der Waals surface area contributed by atoms with E-state index in [2.05, 4.69) is 73.9 Å². The quantitative estimate of drug-likeness (QED) is 0.200. The Bertz CT molecular complexity index is 1180. The van der Waals surface area contributed by atoms with Crippen LogP contribution in [0.25, 0.3) is 0 Å². The van der Waals surface area contributed by atoms with E-state index in [0.717, 1.165) is 29.7 Å². The van der Waals surface area contributed by atoms with Crippen LogP contribution in [-0.2, 0) is 4.79 Å². The Morgan fingerprint density at radius 1 is 1.03 bits per heavy atom. The molecule has 3 aromatic rings. The highest BCUT2D eigenvalue weighted by molar-refractivity contribution is 7.99. The van der Waals surface area contributed by atoms with Crippen LogP contribution < -0.4 is 0 Å². The first-order valence-corrected chi connectivity index (χ1v) is 14.2. The smallest absolute Gasteiger partial charge is 0.229 e. The van der Waals surface area contributed by atoms with Gasteiger partial charge in [0.2, 0.25) is 5.91 Å². The number of amides is 1. The number of carbonyl (C=O) groups excluding carboxylic acids is 1. The predicted octanol–water partition coefficient (Wildman–Crippen LogP) is 9.20. The van der Waals surface area contributed by atoms with Gasteiger partial charge in [0.1, 0.15) is 0 Å². The Balaban J connectivity index is 1.82. The second-order valence-electron chi connectivity index (χ2n) is 9.81. The van der Waals surface area contributed by atoms with Crippen LogP contribution in [0.3, 0.4) is 0 Å². The largest absolute Gasteiger partial charge is 0.331 e. The fourth-order valence-electron chi connectivity index (χ4n) is 5.39. The van der Waals surface area contributed by atoms with Crippen LogP contribution >= 0.6 is 35.0 Å². The van der Waals surface area contributed by atoms with Crippen molar-refractivity contribution in [3.63, 3.8) is 0 Å². The van der Waals surface area contributed by atoms with Gasteiger partial charge in [-0.05, 0) is 66.8 Å². The number of thioether (sulfide) groups is 1. The molecule has 0 saturated carbocycles. The van der Waals surface area contributed by atoms with Crippen molar-refractivity contribution in [2.24, 2.45) is 5.41 Å². The van der Waals surface area contributed by atoms with Crippen LogP contribution in [0.1, 0.15) is 56.2 Å². The Labute approximate surface area is 229 Å². The minimum Gasteiger partial charge on any atom is -0.331 e. The molecular formula is C31H33Cl2NOS. The molecule has 2 unspecified atom stereocenters. The SMILES string of the molecule is C=CC[C@@]1(C)CC(c2cccc(Cl)c2)[C@@H](c2ccc(Cl)cc2)N(C(CC)CSc2ccccc2)C1=O. The number of halogens is 2. The molecule has 1 saturated heterocycles. The van der Waals surface area contributed by atoms with Gasteiger partial charge in [0.25, 0.3) is 0 Å². The molecule has 1 heterocycles. The summed E-state index contributed by atoms with van der Waals surface area (Å²) in [4.78, 5) is 17.8. The molecule has 1 aliphatic heterocycles. The summed E-state index contributed by atoms with van der Waals surface area (Å²) >= 11 is 14.5. The van der Waals surface area contributed by atoms with E-state index in [1.807, 2.05) is 36.4 Å². The number of hydrogen-bond acceptors (Lipinski definition) is 2. The third-order valence-electron chi connectivity index (χ3n) is 7.24. The molecule has 0 spiro atoms. The van der Waals surface area contributed by atoms with Gasteiger partial charge in [0, 0.05) is 32.7 Å². The average molecular weight is 539 g/mol. The maximum atomic E-state index is 14.4. The summed E-state index contributed by atoms with van der Waals surface area (Å²) in [6.45, 7) is 8.26. The molecule has 0 aliphatic carbocycles. The van der Waals surface area contributed by atoms with Crippen LogP contribution in [0.2, 0.25) is 10.0 Å². The van der Waals surface area contributed by atoms with E-state index in [4.69, 9.17) is 23.2 Å². The zero-order chi connectivity index (χ0) is 25.7. The molecule has 2 nitrogen and oxygen atoms in total. The highest BCUT2D eigenvalue weighted by atomic mass is 35.5. The zero-order valence-electron chi connectivity index (χ0n) is 20.9. The highest BCUT2D eigenvalue weighted by Crippen LogP contribution is 2.52. The lowest BCUT2D eigenvalue weighted by Crippen LogP contribution is -2.56. The molecule has 1 fully saturated rings. The number of benzene rings is 3. The summed E-state index contributed by atoms with van der Waals surface area (Å²) in [7, 11) is 0. The molecular weight excluding hydrogens is 505 g/mol. The van der Waals surface area contributed by atoms with Crippen LogP contribution in [0.15, 0.2) is 96.4 Å². The molecule has 4 atom stereocenters. The Morgan fingerprint density at radius 2 is 1.75 bits per heavy atom. The molecule has 0 radical (unpaired) electrons. The Kier molecular flexibility index (Phi) is 8.87. The van der Waals surface area contributed by atoms with Crippen molar-refractivity contribution in [3.05, 3.63) is 113 Å². The van der Waals surface area contributed by atoms with Crippen molar-refractivity contribution in [2.45, 2.75) is 56.0 Å². The maximum Gasteiger partial charge on any atom is 0.229 e. The van der Waals surface area contributed by atoms with Crippen molar-refractivity contribution in [3.8, 4) is 0 Å². The fraction of sp³-hybridized carbons (Fsp3) is 0.323. The lowest BCUT2D eigenvalue weighted by molar-refractivity contribution is -0.153. The molecule has 188 valence electrons. The number of rotatable bonds is 9. The van der Waals surface area contributed by atoms with Gasteiger partial charge in [-0.1, -0.05) is 85.6 Å². The first-order valence-electron chi connectivity index (χ1n) is 12.5. The van der Waals surface area contributed by atoms with Crippen molar-refractivity contribution in [1.82, 2.24) is 4.90 Å². The van der Waals surface area contributed by atoms with Gasteiger partial charge in [-0.25, -0.2) is 0 Å². The molecule has 4 rings (SSSR count). The first-order chi connectivity index (χ1) is 17.4. The van der Waals surface area contributed by atoms with E-state index in [9.17, 15) is 4.79 Å². The minimum absolute atomic E-state index is 0.0644. The van der Waals surface area contributed by atoms with E-state index >= 15 is 0 Å². The standard InChI is InChI=1S/C31H33Cl2NOS/c1-4-18-31(3)20-28(23-10-9-11-25(33)19-23)29(22-14-16-24(32)17-15-22)34(30(31)35)26(5-2)21-36-27-12-7-6-8-13-27/h4,6-17,19,26,28-29H,1,5,18,20-21H2,2-3H3/t26?,28?,29-,31+/m1/s1. The predicted molar refractivity (Wildman–Crippen MR) is 154 cm³/mol. The lowest BCUT2D eigenvalue weighted by atomic mass is 9.67. The van der Waals surface area contributed by atoms with Crippen molar-refractivity contribution in [1.29, 1.82) is 0 Å². The average Bonchev–Trinajstić information content (AvgIpc) is 2.88. The molecule has 3 aromatic carbocycles. The van der Waals surface area contributed by atoms with Crippen molar-refractivity contribution in [2.75, 3.05) is 5.75 Å². The maximum absolute atomic E-state index is 14.4. The normalized spacial score (nSPS) is 22.9. The molecule has 1 aliphatic rings. The molecule has 1 amide bonds. The van der Waals surface area contributed by atoms with Crippen LogP contribution in [0.4, 0.5) is 0 Å². The summed E-state index contributed by atoms with van der Waals surface area (Å²) in [5, 5.41) is 1.40. The van der Waals surface area contributed by atoms with Gasteiger partial charge >= 0.3 is 0 Å². The third-order valence-corrected chi connectivity index (χ3v) is 8.88. The minimum atomic E-state index is -0.539. The second-order valence-corrected chi connectivity index (χ2v) is 11.8. The topological polar surface area (TPSA) is 20.3 Å². The number of piperidine rings is 1. The first kappa shape index (κ1) is 26.9. The van der Waals surface area contributed by atoms with E-state index in [1.165, 1.54) is 4.90 Å². The molecule has 0 N–H and O–H groups in total. The summed E-state index contributed by atoms with van der Waals surface area (Å²) < 4.78 is 0. The summed E-state index contributed by atoms with van der Waals surface area (Å²) in [6, 6.07) is 26.4. The fourth-order valence-corrected chi connectivity index (χ4v) is 6.85. The van der Waals surface area contributed by atoms with Gasteiger partial charge in [-0.3, -0.25) is 4.79 Å². The Morgan fingerprint density at radius 3 is 2.39 bits per heavy atom. The van der Waals surface area contributed by atoms with E-state index in [0.29, 0.717) is 16.5 Å². The monoisotopic (exact) mass is 537 g/mol.